The number of hydrogen-bond acceptors (Lipinski definition) is 3. The Hall–Kier alpha value is -1.46. The number of nitrogens with zero attached hydrogens (tertiary/aromatic N) is 1. The SMILES string of the molecule is CCC(C(N)=O)(c1cccc(F)c1)N1CCCNCC1. The van der Waals surface area contributed by atoms with Crippen molar-refractivity contribution in [2.75, 3.05) is 26.2 Å². The number of nitrogens with two attached hydrogens (primary N) is 1. The Kier molecular flexibility index (Phi) is 4.73. The molecule has 3 N–H and O–H groups in total. The average Bonchev–Trinajstić information content (AvgIpc) is 2.69. The highest BCUT2D eigenvalue weighted by atomic mass is 19.1. The molecule has 1 aromatic carbocycles. The maximum atomic E-state index is 13.6. The molecule has 2 rings (SSSR count). The second-order valence-corrected chi connectivity index (χ2v) is 5.18. The van der Waals surface area contributed by atoms with E-state index in [9.17, 15) is 9.18 Å². The summed E-state index contributed by atoms with van der Waals surface area (Å²) in [7, 11) is 0. The molecule has 1 heterocycles. The van der Waals surface area contributed by atoms with Crippen LogP contribution in [0.4, 0.5) is 4.39 Å². The summed E-state index contributed by atoms with van der Waals surface area (Å²) < 4.78 is 13.6. The van der Waals surface area contributed by atoms with E-state index in [1.54, 1.807) is 12.1 Å². The summed E-state index contributed by atoms with van der Waals surface area (Å²) in [4.78, 5) is 14.3. The van der Waals surface area contributed by atoms with Gasteiger partial charge in [0.15, 0.2) is 0 Å². The Morgan fingerprint density at radius 1 is 1.45 bits per heavy atom. The average molecular weight is 279 g/mol. The van der Waals surface area contributed by atoms with Gasteiger partial charge in [-0.15, -0.1) is 0 Å². The fraction of sp³-hybridized carbons (Fsp3) is 0.533. The number of carbonyl (C=O) groups excluding carboxylic acids is 1. The smallest absolute Gasteiger partial charge is 0.242 e. The first-order valence-electron chi connectivity index (χ1n) is 7.13. The molecule has 1 aliphatic rings. The highest BCUT2D eigenvalue weighted by molar-refractivity contribution is 5.86. The van der Waals surface area contributed by atoms with E-state index in [0.29, 0.717) is 12.0 Å². The summed E-state index contributed by atoms with van der Waals surface area (Å²) in [6.07, 6.45) is 1.48. The lowest BCUT2D eigenvalue weighted by atomic mass is 9.84. The van der Waals surface area contributed by atoms with E-state index in [1.165, 1.54) is 12.1 Å². The van der Waals surface area contributed by atoms with Gasteiger partial charge in [0.2, 0.25) is 5.91 Å². The lowest BCUT2D eigenvalue weighted by Crippen LogP contribution is -2.55. The van der Waals surface area contributed by atoms with E-state index in [-0.39, 0.29) is 5.82 Å². The van der Waals surface area contributed by atoms with Crippen LogP contribution in [0.2, 0.25) is 0 Å². The lowest BCUT2D eigenvalue weighted by Gasteiger charge is -2.41. The Morgan fingerprint density at radius 3 is 2.90 bits per heavy atom. The third-order valence-electron chi connectivity index (χ3n) is 4.10. The van der Waals surface area contributed by atoms with E-state index in [0.717, 1.165) is 32.6 Å². The minimum atomic E-state index is -0.922. The zero-order valence-corrected chi connectivity index (χ0v) is 11.9. The summed E-state index contributed by atoms with van der Waals surface area (Å²) >= 11 is 0. The van der Waals surface area contributed by atoms with Crippen LogP contribution in [-0.2, 0) is 10.3 Å². The molecule has 1 aromatic rings. The molecular formula is C15H22FN3O. The fourth-order valence-corrected chi connectivity index (χ4v) is 3.06. The number of primary amides is 1. The number of carbonyl (C=O) groups is 1. The molecule has 5 heteroatoms. The highest BCUT2D eigenvalue weighted by Crippen LogP contribution is 2.33. The molecule has 1 aliphatic heterocycles. The van der Waals surface area contributed by atoms with Gasteiger partial charge in [-0.3, -0.25) is 9.69 Å². The zero-order chi connectivity index (χ0) is 14.6. The number of halogens is 1. The van der Waals surface area contributed by atoms with Crippen molar-refractivity contribution >= 4 is 5.91 Å². The van der Waals surface area contributed by atoms with Crippen LogP contribution in [-0.4, -0.2) is 37.0 Å². The van der Waals surface area contributed by atoms with Crippen molar-refractivity contribution in [3.63, 3.8) is 0 Å². The van der Waals surface area contributed by atoms with Gasteiger partial charge in [0.1, 0.15) is 11.4 Å². The van der Waals surface area contributed by atoms with E-state index >= 15 is 0 Å². The molecule has 4 nitrogen and oxygen atoms in total. The van der Waals surface area contributed by atoms with E-state index in [4.69, 9.17) is 5.73 Å². The van der Waals surface area contributed by atoms with Gasteiger partial charge in [0.25, 0.3) is 0 Å². The topological polar surface area (TPSA) is 58.4 Å². The number of hydrogen-bond donors (Lipinski definition) is 2. The van der Waals surface area contributed by atoms with E-state index < -0.39 is 11.4 Å². The molecule has 0 aliphatic carbocycles. The first-order valence-corrected chi connectivity index (χ1v) is 7.13. The van der Waals surface area contributed by atoms with Crippen molar-refractivity contribution in [3.8, 4) is 0 Å². The number of amides is 1. The fourth-order valence-electron chi connectivity index (χ4n) is 3.06. The number of benzene rings is 1. The van der Waals surface area contributed by atoms with Crippen LogP contribution < -0.4 is 11.1 Å². The predicted molar refractivity (Wildman–Crippen MR) is 76.6 cm³/mol. The van der Waals surface area contributed by atoms with Gasteiger partial charge in [-0.05, 0) is 37.1 Å². The minimum Gasteiger partial charge on any atom is -0.368 e. The van der Waals surface area contributed by atoms with Crippen LogP contribution in [0.1, 0.15) is 25.3 Å². The Bertz CT molecular complexity index is 472. The molecule has 0 bridgehead atoms. The molecule has 0 aromatic heterocycles. The summed E-state index contributed by atoms with van der Waals surface area (Å²) in [6, 6.07) is 6.23. The van der Waals surface area contributed by atoms with Crippen molar-refractivity contribution in [2.24, 2.45) is 5.73 Å². The van der Waals surface area contributed by atoms with Crippen molar-refractivity contribution in [1.82, 2.24) is 10.2 Å². The highest BCUT2D eigenvalue weighted by Gasteiger charge is 2.42. The Labute approximate surface area is 119 Å². The lowest BCUT2D eigenvalue weighted by molar-refractivity contribution is -0.131. The first kappa shape index (κ1) is 14.9. The van der Waals surface area contributed by atoms with Crippen LogP contribution in [0.3, 0.4) is 0 Å². The van der Waals surface area contributed by atoms with Gasteiger partial charge >= 0.3 is 0 Å². The van der Waals surface area contributed by atoms with Gasteiger partial charge in [-0.1, -0.05) is 19.1 Å². The molecular weight excluding hydrogens is 257 g/mol. The molecule has 0 radical (unpaired) electrons. The largest absolute Gasteiger partial charge is 0.368 e. The van der Waals surface area contributed by atoms with Gasteiger partial charge in [0.05, 0.1) is 0 Å². The molecule has 0 spiro atoms. The third kappa shape index (κ3) is 2.69. The van der Waals surface area contributed by atoms with Crippen LogP contribution >= 0.6 is 0 Å². The molecule has 1 amide bonds. The Morgan fingerprint density at radius 2 is 2.25 bits per heavy atom. The van der Waals surface area contributed by atoms with Crippen LogP contribution in [0.5, 0.6) is 0 Å². The summed E-state index contributed by atoms with van der Waals surface area (Å²) in [5, 5.41) is 3.31. The number of rotatable bonds is 4. The van der Waals surface area contributed by atoms with Gasteiger partial charge < -0.3 is 11.1 Å². The molecule has 110 valence electrons. The minimum absolute atomic E-state index is 0.338. The molecule has 1 atom stereocenters. The normalized spacial score (nSPS) is 20.1. The summed E-state index contributed by atoms with van der Waals surface area (Å²) in [5.41, 5.74) is 5.45. The number of nitrogens with one attached hydrogen (secondary N) is 1. The van der Waals surface area contributed by atoms with Crippen molar-refractivity contribution in [2.45, 2.75) is 25.3 Å². The predicted octanol–water partition coefficient (Wildman–Crippen LogP) is 1.21. The second-order valence-electron chi connectivity index (χ2n) is 5.18. The van der Waals surface area contributed by atoms with Gasteiger partial charge in [-0.2, -0.15) is 0 Å². The summed E-state index contributed by atoms with van der Waals surface area (Å²) in [6.45, 7) is 5.17. The molecule has 0 saturated carbocycles. The second kappa shape index (κ2) is 6.33. The molecule has 1 fully saturated rings. The summed E-state index contributed by atoms with van der Waals surface area (Å²) in [5.74, 6) is -0.748. The standard InChI is InChI=1S/C15H22FN3O/c1-2-15(14(17)20,12-5-3-6-13(16)11-12)19-9-4-7-18-8-10-19/h3,5-6,11,18H,2,4,7-10H2,1H3,(H2,17,20). The maximum absolute atomic E-state index is 13.6. The van der Waals surface area contributed by atoms with Gasteiger partial charge in [-0.25, -0.2) is 4.39 Å². The monoisotopic (exact) mass is 279 g/mol. The quantitative estimate of drug-likeness (QED) is 0.871. The molecule has 20 heavy (non-hydrogen) atoms. The van der Waals surface area contributed by atoms with E-state index in [1.807, 2.05) is 6.92 Å². The molecule has 1 unspecified atom stereocenters. The van der Waals surface area contributed by atoms with Crippen molar-refractivity contribution in [1.29, 1.82) is 0 Å². The Balaban J connectivity index is 2.46. The zero-order valence-electron chi connectivity index (χ0n) is 11.9. The first-order chi connectivity index (χ1) is 9.61. The van der Waals surface area contributed by atoms with Gasteiger partial charge in [0, 0.05) is 19.6 Å². The third-order valence-corrected chi connectivity index (χ3v) is 4.10. The van der Waals surface area contributed by atoms with Crippen LogP contribution in [0.15, 0.2) is 24.3 Å². The van der Waals surface area contributed by atoms with Crippen LogP contribution in [0.25, 0.3) is 0 Å². The van der Waals surface area contributed by atoms with Crippen molar-refractivity contribution in [3.05, 3.63) is 35.6 Å². The van der Waals surface area contributed by atoms with Crippen molar-refractivity contribution < 1.29 is 9.18 Å². The van der Waals surface area contributed by atoms with Crippen LogP contribution in [0, 0.1) is 5.82 Å². The molecule has 1 saturated heterocycles. The maximum Gasteiger partial charge on any atom is 0.242 e. The van der Waals surface area contributed by atoms with E-state index in [2.05, 4.69) is 10.2 Å².